The van der Waals surface area contributed by atoms with E-state index < -0.39 is 0 Å². The molecule has 2 amide bonds. The quantitative estimate of drug-likeness (QED) is 0.483. The summed E-state index contributed by atoms with van der Waals surface area (Å²) in [7, 11) is 3.76. The van der Waals surface area contributed by atoms with E-state index in [4.69, 9.17) is 4.42 Å². The van der Waals surface area contributed by atoms with Crippen molar-refractivity contribution in [1.82, 2.24) is 5.01 Å². The lowest BCUT2D eigenvalue weighted by Gasteiger charge is -2.18. The van der Waals surface area contributed by atoms with E-state index in [1.54, 1.807) is 6.07 Å². The summed E-state index contributed by atoms with van der Waals surface area (Å²) >= 11 is 0. The minimum Gasteiger partial charge on any atom is -0.440 e. The van der Waals surface area contributed by atoms with Gasteiger partial charge in [0, 0.05) is 20.2 Å². The van der Waals surface area contributed by atoms with Gasteiger partial charge in [-0.05, 0) is 36.2 Å². The Labute approximate surface area is 139 Å². The molecule has 3 aliphatic carbocycles. The van der Waals surface area contributed by atoms with E-state index in [9.17, 15) is 9.59 Å². The maximum Gasteiger partial charge on any atom is 0.254 e. The maximum atomic E-state index is 12.8. The van der Waals surface area contributed by atoms with Crippen LogP contribution in [0.25, 0.3) is 0 Å². The molecule has 6 heteroatoms. The monoisotopic (exact) mass is 325 g/mol. The summed E-state index contributed by atoms with van der Waals surface area (Å²) in [6.45, 7) is 0. The van der Waals surface area contributed by atoms with Crippen molar-refractivity contribution < 1.29 is 14.0 Å². The van der Waals surface area contributed by atoms with Crippen LogP contribution in [0.3, 0.4) is 0 Å². The lowest BCUT2D eigenvalue weighted by atomic mass is 9.85. The molecule has 0 N–H and O–H groups in total. The highest BCUT2D eigenvalue weighted by molar-refractivity contribution is 6.07. The van der Waals surface area contributed by atoms with Crippen molar-refractivity contribution in [3.8, 4) is 0 Å². The number of amides is 2. The molecule has 0 unspecified atom stereocenters. The van der Waals surface area contributed by atoms with Gasteiger partial charge in [-0.25, -0.2) is 0 Å². The molecular formula is C18H19N3O3. The Balaban J connectivity index is 1.40. The summed E-state index contributed by atoms with van der Waals surface area (Å²) in [5.74, 6) is 0.970. The Morgan fingerprint density at radius 1 is 1.17 bits per heavy atom. The van der Waals surface area contributed by atoms with Gasteiger partial charge in [-0.3, -0.25) is 9.59 Å². The highest BCUT2D eigenvalue weighted by Gasteiger charge is 2.73. The molecule has 1 aromatic rings. The standard InChI is InChI=1S/C18H19N3O3/c1-20(2)13-6-3-10(24-13)9-19-21-16(22)14-11-4-5-12(15(14)17(21)23)18(11)7-8-18/h3-6,9,11-12,14-15H,7-8H2,1-2H3/b19-9-/t11-,12-,14-,15-/m1/s1. The smallest absolute Gasteiger partial charge is 0.254 e. The first-order valence-corrected chi connectivity index (χ1v) is 8.40. The summed E-state index contributed by atoms with van der Waals surface area (Å²) in [6, 6.07) is 3.60. The third kappa shape index (κ3) is 1.58. The molecule has 0 aromatic carbocycles. The number of nitrogens with zero attached hydrogens (tertiary/aromatic N) is 3. The molecule has 6 nitrogen and oxygen atoms in total. The van der Waals surface area contributed by atoms with Gasteiger partial charge in [-0.1, -0.05) is 12.2 Å². The third-order valence-corrected chi connectivity index (χ3v) is 6.18. The average molecular weight is 325 g/mol. The van der Waals surface area contributed by atoms with Crippen molar-refractivity contribution in [2.24, 2.45) is 34.2 Å². The van der Waals surface area contributed by atoms with E-state index in [-0.39, 0.29) is 40.9 Å². The highest BCUT2D eigenvalue weighted by atomic mass is 16.4. The first-order valence-electron chi connectivity index (χ1n) is 8.40. The molecule has 124 valence electrons. The predicted molar refractivity (Wildman–Crippen MR) is 87.2 cm³/mol. The minimum atomic E-state index is -0.207. The van der Waals surface area contributed by atoms with E-state index >= 15 is 0 Å². The van der Waals surface area contributed by atoms with Crippen LogP contribution >= 0.6 is 0 Å². The summed E-state index contributed by atoms with van der Waals surface area (Å²) in [6.07, 6.45) is 8.06. The van der Waals surface area contributed by atoms with E-state index in [1.165, 1.54) is 6.21 Å². The lowest BCUT2D eigenvalue weighted by Crippen LogP contribution is -2.30. The third-order valence-electron chi connectivity index (χ3n) is 6.18. The summed E-state index contributed by atoms with van der Waals surface area (Å²) in [5, 5.41) is 5.21. The number of hydrogen-bond donors (Lipinski definition) is 0. The topological polar surface area (TPSA) is 66.1 Å². The Morgan fingerprint density at radius 2 is 1.79 bits per heavy atom. The van der Waals surface area contributed by atoms with Gasteiger partial charge in [0.2, 0.25) is 0 Å². The van der Waals surface area contributed by atoms with Gasteiger partial charge in [0.15, 0.2) is 5.88 Å². The molecule has 3 fully saturated rings. The molecule has 4 atom stereocenters. The molecule has 2 saturated carbocycles. The molecule has 24 heavy (non-hydrogen) atoms. The number of allylic oxidation sites excluding steroid dienone is 2. The molecule has 1 aromatic heterocycles. The zero-order chi connectivity index (χ0) is 16.6. The average Bonchev–Trinajstić information content (AvgIpc) is 2.84. The van der Waals surface area contributed by atoms with Crippen LogP contribution in [-0.4, -0.2) is 37.1 Å². The highest BCUT2D eigenvalue weighted by Crippen LogP contribution is 2.73. The second kappa shape index (κ2) is 4.37. The zero-order valence-corrected chi connectivity index (χ0v) is 13.7. The van der Waals surface area contributed by atoms with Crippen molar-refractivity contribution in [3.05, 3.63) is 30.0 Å². The minimum absolute atomic E-state index is 0.149. The Kier molecular flexibility index (Phi) is 2.55. The van der Waals surface area contributed by atoms with Crippen molar-refractivity contribution in [3.63, 3.8) is 0 Å². The predicted octanol–water partition coefficient (Wildman–Crippen LogP) is 1.88. The first-order chi connectivity index (χ1) is 11.5. The Hall–Kier alpha value is -2.37. The number of anilines is 1. The molecule has 2 heterocycles. The molecule has 4 aliphatic rings. The lowest BCUT2D eigenvalue weighted by molar-refractivity contribution is -0.141. The van der Waals surface area contributed by atoms with Crippen LogP contribution in [0.5, 0.6) is 0 Å². The van der Waals surface area contributed by atoms with Crippen LogP contribution in [0, 0.1) is 29.1 Å². The molecular weight excluding hydrogens is 306 g/mol. The number of rotatable bonds is 3. The van der Waals surface area contributed by atoms with Gasteiger partial charge >= 0.3 is 0 Å². The molecule has 2 bridgehead atoms. The van der Waals surface area contributed by atoms with E-state index in [0.717, 1.165) is 17.9 Å². The molecule has 1 saturated heterocycles. The van der Waals surface area contributed by atoms with Crippen LogP contribution < -0.4 is 4.90 Å². The number of hydrazone groups is 1. The normalized spacial score (nSPS) is 34.8. The van der Waals surface area contributed by atoms with Crippen molar-refractivity contribution in [1.29, 1.82) is 0 Å². The molecule has 0 radical (unpaired) electrons. The van der Waals surface area contributed by atoms with Crippen LogP contribution in [0.2, 0.25) is 0 Å². The van der Waals surface area contributed by atoms with Crippen LogP contribution in [0.15, 0.2) is 33.8 Å². The summed E-state index contributed by atoms with van der Waals surface area (Å²) in [5.41, 5.74) is 0.220. The number of furan rings is 1. The summed E-state index contributed by atoms with van der Waals surface area (Å²) in [4.78, 5) is 27.4. The van der Waals surface area contributed by atoms with Gasteiger partial charge in [0.1, 0.15) is 5.76 Å². The first kappa shape index (κ1) is 14.0. The molecule has 5 rings (SSSR count). The number of carbonyl (C=O) groups excluding carboxylic acids is 2. The van der Waals surface area contributed by atoms with Crippen molar-refractivity contribution in [2.45, 2.75) is 12.8 Å². The van der Waals surface area contributed by atoms with Gasteiger partial charge in [0.25, 0.3) is 11.8 Å². The van der Waals surface area contributed by atoms with Crippen molar-refractivity contribution in [2.75, 3.05) is 19.0 Å². The SMILES string of the molecule is CN(C)c1ccc(/C=N\N2C(=O)[C@H]3[C@H](C2=O)[C@H]2C=C[C@H]3C23CC3)o1. The number of fused-ring (bicyclic) bond motifs is 3. The van der Waals surface area contributed by atoms with Crippen LogP contribution in [0.1, 0.15) is 18.6 Å². The van der Waals surface area contributed by atoms with Crippen LogP contribution in [0.4, 0.5) is 5.88 Å². The Morgan fingerprint density at radius 3 is 2.29 bits per heavy atom. The fraction of sp³-hybridized carbons (Fsp3) is 0.500. The van der Waals surface area contributed by atoms with E-state index in [1.807, 2.05) is 25.1 Å². The second-order valence-corrected chi connectivity index (χ2v) is 7.52. The number of carbonyl (C=O) groups is 2. The van der Waals surface area contributed by atoms with Gasteiger partial charge < -0.3 is 9.32 Å². The number of imide groups is 1. The fourth-order valence-corrected chi connectivity index (χ4v) is 4.94. The molecule has 1 aliphatic heterocycles. The van der Waals surface area contributed by atoms with Crippen LogP contribution in [-0.2, 0) is 9.59 Å². The fourth-order valence-electron chi connectivity index (χ4n) is 4.94. The Bertz CT molecular complexity index is 768. The van der Waals surface area contributed by atoms with E-state index in [0.29, 0.717) is 11.6 Å². The summed E-state index contributed by atoms with van der Waals surface area (Å²) < 4.78 is 5.58. The van der Waals surface area contributed by atoms with Gasteiger partial charge in [-0.2, -0.15) is 10.1 Å². The van der Waals surface area contributed by atoms with E-state index in [2.05, 4.69) is 17.3 Å². The maximum absolute atomic E-state index is 12.8. The molecule has 1 spiro atoms. The number of hydrogen-bond acceptors (Lipinski definition) is 5. The second-order valence-electron chi connectivity index (χ2n) is 7.52. The van der Waals surface area contributed by atoms with Gasteiger partial charge in [-0.15, -0.1) is 0 Å². The zero-order valence-electron chi connectivity index (χ0n) is 13.7. The van der Waals surface area contributed by atoms with Gasteiger partial charge in [0.05, 0.1) is 18.1 Å². The largest absolute Gasteiger partial charge is 0.440 e. The van der Waals surface area contributed by atoms with Crippen molar-refractivity contribution >= 4 is 23.9 Å².